The highest BCUT2D eigenvalue weighted by Gasteiger charge is 2.34. The average molecular weight is 376 g/mol. The molecule has 0 saturated heterocycles. The predicted molar refractivity (Wildman–Crippen MR) is 84.2 cm³/mol. The molecule has 1 unspecified atom stereocenters. The average Bonchev–Trinajstić information content (AvgIpc) is 2.81. The van der Waals surface area contributed by atoms with Gasteiger partial charge in [-0.2, -0.15) is 0 Å². The van der Waals surface area contributed by atoms with Gasteiger partial charge in [-0.05, 0) is 24.3 Å². The Bertz CT molecular complexity index is 388. The van der Waals surface area contributed by atoms with E-state index in [0.29, 0.717) is 11.3 Å². The minimum atomic E-state index is 0.347. The molecule has 18 heavy (non-hydrogen) atoms. The van der Waals surface area contributed by atoms with Crippen LogP contribution in [0.1, 0.15) is 37.7 Å². The number of halogens is 2. The van der Waals surface area contributed by atoms with Crippen LogP contribution in [0.25, 0.3) is 0 Å². The van der Waals surface area contributed by atoms with E-state index in [2.05, 4.69) is 63.0 Å². The van der Waals surface area contributed by atoms with Crippen LogP contribution in [-0.4, -0.2) is 17.3 Å². The smallest absolute Gasteiger partial charge is 0.122 e. The molecule has 1 aliphatic rings. The molecule has 1 atom stereocenters. The summed E-state index contributed by atoms with van der Waals surface area (Å²) in [6.45, 7) is 3.10. The van der Waals surface area contributed by atoms with Crippen LogP contribution in [0.5, 0.6) is 5.75 Å². The maximum atomic E-state index is 5.79. The monoisotopic (exact) mass is 374 g/mol. The molecule has 1 nitrogen and oxygen atoms in total. The van der Waals surface area contributed by atoms with Gasteiger partial charge in [0.15, 0.2) is 0 Å². The van der Waals surface area contributed by atoms with Gasteiger partial charge in [0.25, 0.3) is 0 Å². The number of fused-ring (bicyclic) bond motifs is 1. The lowest BCUT2D eigenvalue weighted by Crippen LogP contribution is -2.27. The van der Waals surface area contributed by atoms with E-state index in [1.54, 1.807) is 0 Å². The first-order valence-electron chi connectivity index (χ1n) is 6.58. The van der Waals surface area contributed by atoms with Crippen LogP contribution in [0.3, 0.4) is 0 Å². The summed E-state index contributed by atoms with van der Waals surface area (Å²) < 4.78 is 5.79. The highest BCUT2D eigenvalue weighted by Crippen LogP contribution is 2.44. The Morgan fingerprint density at radius 3 is 2.67 bits per heavy atom. The van der Waals surface area contributed by atoms with Gasteiger partial charge in [0.1, 0.15) is 5.75 Å². The Morgan fingerprint density at radius 1 is 1.28 bits per heavy atom. The van der Waals surface area contributed by atoms with Crippen molar-refractivity contribution in [3.8, 4) is 5.75 Å². The van der Waals surface area contributed by atoms with Crippen molar-refractivity contribution in [2.24, 2.45) is 5.41 Å². The quantitative estimate of drug-likeness (QED) is 0.626. The van der Waals surface area contributed by atoms with Crippen LogP contribution < -0.4 is 4.74 Å². The van der Waals surface area contributed by atoms with Crippen molar-refractivity contribution in [3.63, 3.8) is 0 Å². The van der Waals surface area contributed by atoms with Crippen LogP contribution in [0.15, 0.2) is 24.3 Å². The molecule has 0 spiro atoms. The summed E-state index contributed by atoms with van der Waals surface area (Å²) in [5.41, 5.74) is 1.74. The lowest BCUT2D eigenvalue weighted by atomic mass is 9.78. The second kappa shape index (κ2) is 6.42. The number of para-hydroxylation sites is 1. The van der Waals surface area contributed by atoms with E-state index in [0.717, 1.165) is 23.0 Å². The second-order valence-corrected chi connectivity index (χ2v) is 6.39. The van der Waals surface area contributed by atoms with Crippen molar-refractivity contribution in [2.45, 2.75) is 32.1 Å². The van der Waals surface area contributed by atoms with Gasteiger partial charge in [0.05, 0.1) is 6.61 Å². The molecule has 0 aromatic heterocycles. The molecule has 1 heterocycles. The van der Waals surface area contributed by atoms with E-state index in [1.807, 2.05) is 0 Å². The Morgan fingerprint density at radius 2 is 2.00 bits per heavy atom. The highest BCUT2D eigenvalue weighted by atomic mass is 79.9. The topological polar surface area (TPSA) is 9.23 Å². The first kappa shape index (κ1) is 14.4. The fourth-order valence-corrected chi connectivity index (χ4v) is 4.78. The molecule has 0 radical (unpaired) electrons. The van der Waals surface area contributed by atoms with E-state index in [9.17, 15) is 0 Å². The molecule has 1 aromatic rings. The van der Waals surface area contributed by atoms with Crippen LogP contribution in [0.2, 0.25) is 0 Å². The molecule has 1 aliphatic heterocycles. The molecule has 2 rings (SSSR count). The minimum Gasteiger partial charge on any atom is -0.493 e. The van der Waals surface area contributed by atoms with Crippen LogP contribution in [-0.2, 0) is 0 Å². The van der Waals surface area contributed by atoms with Gasteiger partial charge < -0.3 is 4.74 Å². The Hall–Kier alpha value is -0.0200. The van der Waals surface area contributed by atoms with Crippen LogP contribution in [0, 0.1) is 5.41 Å². The molecule has 3 heteroatoms. The minimum absolute atomic E-state index is 0.347. The number of hydrogen-bond donors (Lipinski definition) is 0. The standard InChI is InChI=1S/C15H20Br2O/c1-2-7-15(10-16,11-17)8-12-9-18-14-6-4-3-5-13(12)14/h3-6,12H,2,7-11H2,1H3. The zero-order valence-electron chi connectivity index (χ0n) is 10.8. The molecule has 0 aliphatic carbocycles. The zero-order valence-corrected chi connectivity index (χ0v) is 14.0. The Balaban J connectivity index is 2.14. The lowest BCUT2D eigenvalue weighted by molar-refractivity contribution is 0.256. The maximum absolute atomic E-state index is 5.79. The van der Waals surface area contributed by atoms with E-state index in [1.165, 1.54) is 24.8 Å². The number of hydrogen-bond acceptors (Lipinski definition) is 1. The maximum Gasteiger partial charge on any atom is 0.122 e. The van der Waals surface area contributed by atoms with Crippen molar-refractivity contribution in [3.05, 3.63) is 29.8 Å². The fraction of sp³-hybridized carbons (Fsp3) is 0.600. The molecule has 0 bridgehead atoms. The van der Waals surface area contributed by atoms with Gasteiger partial charge in [-0.1, -0.05) is 63.4 Å². The summed E-state index contributed by atoms with van der Waals surface area (Å²) >= 11 is 7.42. The van der Waals surface area contributed by atoms with Crippen molar-refractivity contribution in [2.75, 3.05) is 17.3 Å². The van der Waals surface area contributed by atoms with E-state index in [4.69, 9.17) is 4.74 Å². The third-order valence-electron chi connectivity index (χ3n) is 3.83. The first-order chi connectivity index (χ1) is 8.74. The number of rotatable bonds is 6. The van der Waals surface area contributed by atoms with E-state index in [-0.39, 0.29) is 0 Å². The molecule has 0 N–H and O–H groups in total. The Kier molecular flexibility index (Phi) is 5.14. The van der Waals surface area contributed by atoms with E-state index < -0.39 is 0 Å². The summed E-state index contributed by atoms with van der Waals surface area (Å²) in [4.78, 5) is 0. The van der Waals surface area contributed by atoms with Crippen molar-refractivity contribution in [1.29, 1.82) is 0 Å². The molecule has 1 aromatic carbocycles. The zero-order chi connectivity index (χ0) is 13.0. The summed E-state index contributed by atoms with van der Waals surface area (Å²) in [5.74, 6) is 1.62. The fourth-order valence-electron chi connectivity index (χ4n) is 2.83. The summed E-state index contributed by atoms with van der Waals surface area (Å²) in [6.07, 6.45) is 3.67. The normalized spacial score (nSPS) is 18.5. The van der Waals surface area contributed by atoms with Gasteiger partial charge in [0, 0.05) is 22.1 Å². The Labute approximate surface area is 127 Å². The summed E-state index contributed by atoms with van der Waals surface area (Å²) in [5, 5.41) is 2.11. The lowest BCUT2D eigenvalue weighted by Gasteiger charge is -2.32. The van der Waals surface area contributed by atoms with Crippen molar-refractivity contribution < 1.29 is 4.74 Å². The summed E-state index contributed by atoms with van der Waals surface area (Å²) in [6, 6.07) is 8.46. The third-order valence-corrected chi connectivity index (χ3v) is 6.20. The molecular weight excluding hydrogens is 356 g/mol. The van der Waals surface area contributed by atoms with Gasteiger partial charge >= 0.3 is 0 Å². The first-order valence-corrected chi connectivity index (χ1v) is 8.82. The van der Waals surface area contributed by atoms with Gasteiger partial charge in [-0.3, -0.25) is 0 Å². The number of alkyl halides is 2. The molecule has 0 amide bonds. The van der Waals surface area contributed by atoms with E-state index >= 15 is 0 Å². The van der Waals surface area contributed by atoms with Crippen molar-refractivity contribution >= 4 is 31.9 Å². The van der Waals surface area contributed by atoms with Crippen LogP contribution in [0.4, 0.5) is 0 Å². The second-order valence-electron chi connectivity index (χ2n) is 5.27. The third kappa shape index (κ3) is 2.93. The number of benzene rings is 1. The van der Waals surface area contributed by atoms with Gasteiger partial charge in [0.2, 0.25) is 0 Å². The van der Waals surface area contributed by atoms with Crippen LogP contribution >= 0.6 is 31.9 Å². The van der Waals surface area contributed by atoms with Crippen molar-refractivity contribution in [1.82, 2.24) is 0 Å². The van der Waals surface area contributed by atoms with Gasteiger partial charge in [-0.25, -0.2) is 0 Å². The molecular formula is C15H20Br2O. The van der Waals surface area contributed by atoms with Gasteiger partial charge in [-0.15, -0.1) is 0 Å². The highest BCUT2D eigenvalue weighted by molar-refractivity contribution is 9.09. The molecule has 100 valence electrons. The SMILES string of the molecule is CCCC(CBr)(CBr)CC1COc2ccccc21. The predicted octanol–water partition coefficient (Wildman–Crippen LogP) is 5.13. The molecule has 0 fully saturated rings. The largest absolute Gasteiger partial charge is 0.493 e. The summed E-state index contributed by atoms with van der Waals surface area (Å²) in [7, 11) is 0. The number of ether oxygens (including phenoxy) is 1. The molecule has 0 saturated carbocycles.